The normalized spacial score (nSPS) is 26.9. The first-order valence-corrected chi connectivity index (χ1v) is 10.4. The Morgan fingerprint density at radius 3 is 2.74 bits per heavy atom. The van der Waals surface area contributed by atoms with E-state index in [0.717, 1.165) is 12.3 Å². The second kappa shape index (κ2) is 6.22. The van der Waals surface area contributed by atoms with Gasteiger partial charge < -0.3 is 9.30 Å². The molecule has 3 aliphatic rings. The molecule has 3 nitrogen and oxygen atoms in total. The maximum atomic E-state index is 6.57. The van der Waals surface area contributed by atoms with Gasteiger partial charge in [0.25, 0.3) is 0 Å². The van der Waals surface area contributed by atoms with E-state index < -0.39 is 0 Å². The van der Waals surface area contributed by atoms with Crippen LogP contribution in [0.3, 0.4) is 0 Å². The molecule has 0 bridgehead atoms. The van der Waals surface area contributed by atoms with Crippen LogP contribution in [0, 0.1) is 5.92 Å². The van der Waals surface area contributed by atoms with Crippen LogP contribution < -0.4 is 0 Å². The van der Waals surface area contributed by atoms with E-state index >= 15 is 0 Å². The number of nitrogens with zero attached hydrogens (tertiary/aromatic N) is 2. The second-order valence-electron chi connectivity index (χ2n) is 8.37. The molecule has 3 atom stereocenters. The highest BCUT2D eigenvalue weighted by molar-refractivity contribution is 5.86. The third-order valence-electron chi connectivity index (χ3n) is 6.92. The molecule has 138 valence electrons. The molecule has 0 saturated carbocycles. The maximum Gasteiger partial charge on any atom is 0.135 e. The van der Waals surface area contributed by atoms with Crippen LogP contribution in [0.5, 0.6) is 0 Å². The molecule has 0 amide bonds. The van der Waals surface area contributed by atoms with Crippen molar-refractivity contribution in [1.29, 1.82) is 0 Å². The molecule has 0 aliphatic carbocycles. The molecule has 3 aromatic rings. The zero-order valence-electron chi connectivity index (χ0n) is 15.7. The summed E-state index contributed by atoms with van der Waals surface area (Å²) in [5.74, 6) is 0.732. The number of benzene rings is 2. The minimum absolute atomic E-state index is 0.151. The molecule has 1 unspecified atom stereocenters. The van der Waals surface area contributed by atoms with Crippen LogP contribution >= 0.6 is 0 Å². The third-order valence-corrected chi connectivity index (χ3v) is 6.92. The fourth-order valence-electron chi connectivity index (χ4n) is 5.82. The number of ether oxygens (including phenoxy) is 1. The molecule has 1 fully saturated rings. The van der Waals surface area contributed by atoms with Gasteiger partial charge >= 0.3 is 0 Å². The highest BCUT2D eigenvalue weighted by atomic mass is 16.5. The summed E-state index contributed by atoms with van der Waals surface area (Å²) in [4.78, 5) is 2.75. The first-order valence-electron chi connectivity index (χ1n) is 10.4. The van der Waals surface area contributed by atoms with Crippen molar-refractivity contribution in [3.8, 4) is 0 Å². The molecule has 1 aromatic heterocycles. The third kappa shape index (κ3) is 2.41. The molecule has 2 aromatic carbocycles. The van der Waals surface area contributed by atoms with Gasteiger partial charge in [-0.3, -0.25) is 4.90 Å². The zero-order valence-corrected chi connectivity index (χ0v) is 15.7. The highest BCUT2D eigenvalue weighted by Crippen LogP contribution is 2.51. The maximum absolute atomic E-state index is 6.57. The van der Waals surface area contributed by atoms with E-state index in [0.29, 0.717) is 12.6 Å². The average Bonchev–Trinajstić information content (AvgIpc) is 3.07. The Bertz CT molecular complexity index is 977. The van der Waals surface area contributed by atoms with Crippen molar-refractivity contribution in [3.05, 3.63) is 71.4 Å². The van der Waals surface area contributed by atoms with Gasteiger partial charge in [-0.05, 0) is 55.3 Å². The lowest BCUT2D eigenvalue weighted by Gasteiger charge is -2.49. The molecular formula is C24H26N2O. The highest BCUT2D eigenvalue weighted by Gasteiger charge is 2.45. The van der Waals surface area contributed by atoms with E-state index in [2.05, 4.69) is 64.1 Å². The van der Waals surface area contributed by atoms with Crippen molar-refractivity contribution in [1.82, 2.24) is 9.47 Å². The average molecular weight is 358 g/mol. The van der Waals surface area contributed by atoms with Crippen molar-refractivity contribution in [2.24, 2.45) is 5.92 Å². The Morgan fingerprint density at radius 2 is 1.81 bits per heavy atom. The van der Waals surface area contributed by atoms with E-state index in [1.807, 2.05) is 0 Å². The van der Waals surface area contributed by atoms with Crippen LogP contribution in [0.4, 0.5) is 0 Å². The Hall–Kier alpha value is -2.10. The summed E-state index contributed by atoms with van der Waals surface area (Å²) in [5, 5.41) is 1.45. The molecule has 4 heterocycles. The fraction of sp³-hybridized carbons (Fsp3) is 0.417. The molecule has 0 spiro atoms. The summed E-state index contributed by atoms with van der Waals surface area (Å²) >= 11 is 0. The summed E-state index contributed by atoms with van der Waals surface area (Å²) in [6.07, 6.45) is 5.14. The molecule has 1 saturated heterocycles. The number of rotatable bonds is 3. The van der Waals surface area contributed by atoms with Crippen LogP contribution in [-0.4, -0.2) is 22.6 Å². The lowest BCUT2D eigenvalue weighted by Crippen LogP contribution is -2.47. The number of aromatic nitrogens is 1. The smallest absolute Gasteiger partial charge is 0.135 e. The first kappa shape index (κ1) is 15.9. The predicted molar refractivity (Wildman–Crippen MR) is 108 cm³/mol. The Balaban J connectivity index is 1.46. The molecular weight excluding hydrogens is 332 g/mol. The Kier molecular flexibility index (Phi) is 3.66. The predicted octanol–water partition coefficient (Wildman–Crippen LogP) is 5.07. The number of para-hydroxylation sites is 1. The minimum Gasteiger partial charge on any atom is -0.353 e. The molecule has 6 rings (SSSR count). The zero-order chi connectivity index (χ0) is 17.8. The van der Waals surface area contributed by atoms with Gasteiger partial charge in [0.05, 0.1) is 18.2 Å². The summed E-state index contributed by atoms with van der Waals surface area (Å²) in [6, 6.07) is 20.2. The molecule has 3 heteroatoms. The van der Waals surface area contributed by atoms with Crippen molar-refractivity contribution in [2.75, 3.05) is 13.1 Å². The van der Waals surface area contributed by atoms with E-state index in [9.17, 15) is 0 Å². The van der Waals surface area contributed by atoms with Crippen LogP contribution in [-0.2, 0) is 17.8 Å². The van der Waals surface area contributed by atoms with Crippen LogP contribution in [0.2, 0.25) is 0 Å². The Labute approximate surface area is 160 Å². The second-order valence-corrected chi connectivity index (χ2v) is 8.37. The molecule has 0 N–H and O–H groups in total. The van der Waals surface area contributed by atoms with Crippen LogP contribution in [0.15, 0.2) is 54.6 Å². The van der Waals surface area contributed by atoms with Gasteiger partial charge in [0.15, 0.2) is 0 Å². The summed E-state index contributed by atoms with van der Waals surface area (Å²) < 4.78 is 9.13. The lowest BCUT2D eigenvalue weighted by atomic mass is 9.78. The van der Waals surface area contributed by atoms with Crippen LogP contribution in [0.25, 0.3) is 10.9 Å². The van der Waals surface area contributed by atoms with Gasteiger partial charge in [0.1, 0.15) is 6.23 Å². The van der Waals surface area contributed by atoms with Gasteiger partial charge in [-0.25, -0.2) is 0 Å². The van der Waals surface area contributed by atoms with E-state index in [1.165, 1.54) is 48.8 Å². The number of hydrogen-bond donors (Lipinski definition) is 0. The van der Waals surface area contributed by atoms with Crippen molar-refractivity contribution in [2.45, 2.75) is 44.6 Å². The monoisotopic (exact) mass is 358 g/mol. The van der Waals surface area contributed by atoms with Crippen molar-refractivity contribution < 1.29 is 4.74 Å². The van der Waals surface area contributed by atoms with Gasteiger partial charge in [0.2, 0.25) is 0 Å². The number of piperidine rings is 1. The first-order chi connectivity index (χ1) is 13.4. The summed E-state index contributed by atoms with van der Waals surface area (Å²) in [6.45, 7) is 3.17. The van der Waals surface area contributed by atoms with Crippen LogP contribution in [0.1, 0.15) is 48.4 Å². The largest absolute Gasteiger partial charge is 0.353 e. The SMILES string of the molecule is c1ccc(COC2C[C@@H]3CCCN4CCc5c(n2c2ccccc52)[C@@H]34)cc1. The summed E-state index contributed by atoms with van der Waals surface area (Å²) in [7, 11) is 0. The quantitative estimate of drug-likeness (QED) is 0.650. The lowest BCUT2D eigenvalue weighted by molar-refractivity contribution is -0.0668. The number of hydrogen-bond acceptors (Lipinski definition) is 2. The fourth-order valence-corrected chi connectivity index (χ4v) is 5.82. The van der Waals surface area contributed by atoms with Crippen molar-refractivity contribution >= 4 is 10.9 Å². The van der Waals surface area contributed by atoms with Gasteiger partial charge in [-0.15, -0.1) is 0 Å². The number of fused-ring (bicyclic) bond motifs is 3. The standard InChI is InChI=1S/C24H26N2O/c1-2-7-17(8-3-1)16-27-22-15-18-9-6-13-25-14-12-20-19-10-4-5-11-21(19)26(22)24(20)23(18)25/h1-5,7-8,10-11,18,22-23H,6,9,12-16H2/t18-,22?,23+/m0/s1. The summed E-state index contributed by atoms with van der Waals surface area (Å²) in [5.41, 5.74) is 5.78. The molecule has 0 radical (unpaired) electrons. The minimum atomic E-state index is 0.151. The van der Waals surface area contributed by atoms with E-state index in [1.54, 1.807) is 11.3 Å². The van der Waals surface area contributed by atoms with E-state index in [-0.39, 0.29) is 6.23 Å². The van der Waals surface area contributed by atoms with Gasteiger partial charge in [-0.2, -0.15) is 0 Å². The molecule has 27 heavy (non-hydrogen) atoms. The van der Waals surface area contributed by atoms with Gasteiger partial charge in [-0.1, -0.05) is 48.5 Å². The van der Waals surface area contributed by atoms with Crippen molar-refractivity contribution in [3.63, 3.8) is 0 Å². The van der Waals surface area contributed by atoms with E-state index in [4.69, 9.17) is 4.74 Å². The Morgan fingerprint density at radius 1 is 0.963 bits per heavy atom. The molecule has 3 aliphatic heterocycles. The topological polar surface area (TPSA) is 17.4 Å². The van der Waals surface area contributed by atoms with Gasteiger partial charge in [0, 0.05) is 17.6 Å².